The number of rotatable bonds is 5. The summed E-state index contributed by atoms with van der Waals surface area (Å²) in [5.74, 6) is -1.12. The zero-order valence-corrected chi connectivity index (χ0v) is 10.9. The van der Waals surface area contributed by atoms with Gasteiger partial charge < -0.3 is 15.7 Å². The van der Waals surface area contributed by atoms with E-state index in [4.69, 9.17) is 5.11 Å². The van der Waals surface area contributed by atoms with Gasteiger partial charge in [0.1, 0.15) is 0 Å². The van der Waals surface area contributed by atoms with Gasteiger partial charge in [0.2, 0.25) is 0 Å². The van der Waals surface area contributed by atoms with E-state index in [1.54, 1.807) is 6.07 Å². The zero-order valence-electron chi connectivity index (χ0n) is 10.9. The number of carboxylic acids is 1. The number of anilines is 1. The molecule has 0 bridgehead atoms. The molecule has 102 valence electrons. The molecule has 0 saturated carbocycles. The summed E-state index contributed by atoms with van der Waals surface area (Å²) in [5.41, 5.74) is 2.78. The van der Waals surface area contributed by atoms with Gasteiger partial charge in [-0.1, -0.05) is 13.0 Å². The van der Waals surface area contributed by atoms with Gasteiger partial charge in [-0.15, -0.1) is 0 Å². The fourth-order valence-electron chi connectivity index (χ4n) is 2.21. The van der Waals surface area contributed by atoms with E-state index in [-0.39, 0.29) is 18.4 Å². The van der Waals surface area contributed by atoms with Crippen LogP contribution < -0.4 is 10.6 Å². The number of amides is 1. The van der Waals surface area contributed by atoms with Crippen LogP contribution in [0.15, 0.2) is 18.2 Å². The van der Waals surface area contributed by atoms with Crippen LogP contribution in [0.5, 0.6) is 0 Å². The SMILES string of the molecule is CCC(CC(=O)O)NC(=O)c1ccc2c(c1)NCC2. The number of benzene rings is 1. The largest absolute Gasteiger partial charge is 0.481 e. The van der Waals surface area contributed by atoms with Gasteiger partial charge in [0.05, 0.1) is 6.42 Å². The van der Waals surface area contributed by atoms with Crippen molar-refractivity contribution in [2.75, 3.05) is 11.9 Å². The summed E-state index contributed by atoms with van der Waals surface area (Å²) >= 11 is 0. The van der Waals surface area contributed by atoms with Crippen LogP contribution in [0.3, 0.4) is 0 Å². The Bertz CT molecular complexity index is 499. The summed E-state index contributed by atoms with van der Waals surface area (Å²) < 4.78 is 0. The Labute approximate surface area is 112 Å². The van der Waals surface area contributed by atoms with Gasteiger partial charge in [0.25, 0.3) is 5.91 Å². The van der Waals surface area contributed by atoms with E-state index in [2.05, 4.69) is 10.6 Å². The molecule has 1 aromatic rings. The van der Waals surface area contributed by atoms with E-state index < -0.39 is 5.97 Å². The summed E-state index contributed by atoms with van der Waals surface area (Å²) in [4.78, 5) is 22.7. The average molecular weight is 262 g/mol. The Morgan fingerprint density at radius 3 is 2.95 bits per heavy atom. The molecule has 19 heavy (non-hydrogen) atoms. The lowest BCUT2D eigenvalue weighted by molar-refractivity contribution is -0.137. The summed E-state index contributed by atoms with van der Waals surface area (Å²) in [7, 11) is 0. The van der Waals surface area contributed by atoms with E-state index >= 15 is 0 Å². The molecule has 5 nitrogen and oxygen atoms in total. The first-order chi connectivity index (χ1) is 9.10. The predicted molar refractivity (Wildman–Crippen MR) is 72.4 cm³/mol. The molecule has 2 rings (SSSR count). The topological polar surface area (TPSA) is 78.4 Å². The maximum Gasteiger partial charge on any atom is 0.305 e. The monoisotopic (exact) mass is 262 g/mol. The third-order valence-corrected chi connectivity index (χ3v) is 3.33. The molecule has 1 aliphatic heterocycles. The van der Waals surface area contributed by atoms with Crippen molar-refractivity contribution < 1.29 is 14.7 Å². The fourth-order valence-corrected chi connectivity index (χ4v) is 2.21. The summed E-state index contributed by atoms with van der Waals surface area (Å²) in [6.07, 6.45) is 1.53. The fraction of sp³-hybridized carbons (Fsp3) is 0.429. The van der Waals surface area contributed by atoms with Gasteiger partial charge in [-0.25, -0.2) is 0 Å². The predicted octanol–water partition coefficient (Wildman–Crippen LogP) is 1.64. The van der Waals surface area contributed by atoms with Gasteiger partial charge in [-0.3, -0.25) is 9.59 Å². The Morgan fingerprint density at radius 2 is 2.26 bits per heavy atom. The number of nitrogens with one attached hydrogen (secondary N) is 2. The summed E-state index contributed by atoms with van der Waals surface area (Å²) in [6.45, 7) is 2.76. The molecule has 1 aliphatic rings. The molecule has 0 aromatic heterocycles. The third-order valence-electron chi connectivity index (χ3n) is 3.33. The van der Waals surface area contributed by atoms with Crippen LogP contribution in [0.4, 0.5) is 5.69 Å². The number of hydrogen-bond acceptors (Lipinski definition) is 3. The highest BCUT2D eigenvalue weighted by molar-refractivity contribution is 5.95. The standard InChI is InChI=1S/C14H18N2O3/c1-2-11(8-13(17)18)16-14(19)10-4-3-9-5-6-15-12(9)7-10/h3-4,7,11,15H,2,5-6,8H2,1H3,(H,16,19)(H,17,18). The molecule has 1 amide bonds. The number of hydrogen-bond donors (Lipinski definition) is 3. The Balaban J connectivity index is 2.05. The lowest BCUT2D eigenvalue weighted by atomic mass is 10.1. The van der Waals surface area contributed by atoms with Crippen molar-refractivity contribution in [3.63, 3.8) is 0 Å². The Morgan fingerprint density at radius 1 is 1.47 bits per heavy atom. The van der Waals surface area contributed by atoms with Gasteiger partial charge in [-0.05, 0) is 30.5 Å². The second-order valence-corrected chi connectivity index (χ2v) is 4.73. The van der Waals surface area contributed by atoms with Crippen LogP contribution >= 0.6 is 0 Å². The average Bonchev–Trinajstić information content (AvgIpc) is 2.84. The molecule has 0 spiro atoms. The third kappa shape index (κ3) is 3.24. The van der Waals surface area contributed by atoms with Crippen molar-refractivity contribution in [1.82, 2.24) is 5.32 Å². The molecule has 3 N–H and O–H groups in total. The van der Waals surface area contributed by atoms with E-state index in [1.165, 1.54) is 5.56 Å². The van der Waals surface area contributed by atoms with Crippen molar-refractivity contribution in [2.24, 2.45) is 0 Å². The highest BCUT2D eigenvalue weighted by atomic mass is 16.4. The molecule has 0 aliphatic carbocycles. The first-order valence-electron chi connectivity index (χ1n) is 6.49. The normalized spacial score (nSPS) is 14.4. The van der Waals surface area contributed by atoms with Crippen molar-refractivity contribution in [3.05, 3.63) is 29.3 Å². The van der Waals surface area contributed by atoms with Crippen LogP contribution in [0, 0.1) is 0 Å². The van der Waals surface area contributed by atoms with Gasteiger partial charge >= 0.3 is 5.97 Å². The number of carbonyl (C=O) groups is 2. The quantitative estimate of drug-likeness (QED) is 0.753. The second-order valence-electron chi connectivity index (χ2n) is 4.73. The first kappa shape index (κ1) is 13.4. The number of carbonyl (C=O) groups excluding carboxylic acids is 1. The number of aliphatic carboxylic acids is 1. The van der Waals surface area contributed by atoms with Crippen molar-refractivity contribution in [2.45, 2.75) is 32.2 Å². The van der Waals surface area contributed by atoms with Crippen LogP contribution in [0.25, 0.3) is 0 Å². The van der Waals surface area contributed by atoms with Crippen LogP contribution in [-0.2, 0) is 11.2 Å². The van der Waals surface area contributed by atoms with E-state index in [1.807, 2.05) is 19.1 Å². The molecular formula is C14H18N2O3. The van der Waals surface area contributed by atoms with E-state index in [0.717, 1.165) is 18.7 Å². The second kappa shape index (κ2) is 5.73. The summed E-state index contributed by atoms with van der Waals surface area (Å²) in [5, 5.41) is 14.7. The Kier molecular flexibility index (Phi) is 4.04. The molecule has 5 heteroatoms. The molecule has 1 heterocycles. The first-order valence-corrected chi connectivity index (χ1v) is 6.49. The van der Waals surface area contributed by atoms with Crippen LogP contribution in [0.1, 0.15) is 35.7 Å². The van der Waals surface area contributed by atoms with Crippen molar-refractivity contribution in [1.29, 1.82) is 0 Å². The molecule has 1 atom stereocenters. The van der Waals surface area contributed by atoms with Crippen LogP contribution in [-0.4, -0.2) is 29.6 Å². The maximum absolute atomic E-state index is 12.1. The zero-order chi connectivity index (χ0) is 13.8. The summed E-state index contributed by atoms with van der Waals surface area (Å²) in [6, 6.07) is 5.23. The molecule has 1 unspecified atom stereocenters. The van der Waals surface area contributed by atoms with E-state index in [0.29, 0.717) is 12.0 Å². The lowest BCUT2D eigenvalue weighted by Gasteiger charge is -2.15. The highest BCUT2D eigenvalue weighted by Crippen LogP contribution is 2.23. The highest BCUT2D eigenvalue weighted by Gasteiger charge is 2.17. The molecule has 0 saturated heterocycles. The maximum atomic E-state index is 12.1. The van der Waals surface area contributed by atoms with Crippen molar-refractivity contribution in [3.8, 4) is 0 Å². The number of fused-ring (bicyclic) bond motifs is 1. The Hall–Kier alpha value is -2.04. The minimum Gasteiger partial charge on any atom is -0.481 e. The van der Waals surface area contributed by atoms with Gasteiger partial charge in [0.15, 0.2) is 0 Å². The van der Waals surface area contributed by atoms with E-state index in [9.17, 15) is 9.59 Å². The minimum absolute atomic E-state index is 0.0502. The lowest BCUT2D eigenvalue weighted by Crippen LogP contribution is -2.36. The molecular weight excluding hydrogens is 244 g/mol. The minimum atomic E-state index is -0.900. The number of carboxylic acid groups (broad SMARTS) is 1. The smallest absolute Gasteiger partial charge is 0.305 e. The van der Waals surface area contributed by atoms with Crippen molar-refractivity contribution >= 4 is 17.6 Å². The van der Waals surface area contributed by atoms with Gasteiger partial charge in [0, 0.05) is 23.8 Å². The molecule has 0 fully saturated rings. The van der Waals surface area contributed by atoms with Crippen LogP contribution in [0.2, 0.25) is 0 Å². The van der Waals surface area contributed by atoms with Gasteiger partial charge in [-0.2, -0.15) is 0 Å². The molecule has 0 radical (unpaired) electrons. The molecule has 1 aromatic carbocycles.